The molecule has 92 valence electrons. The number of benzene rings is 1. The minimum atomic E-state index is -0.749. The third-order valence-corrected chi connectivity index (χ3v) is 2.56. The molecule has 0 saturated carbocycles. The van der Waals surface area contributed by atoms with Gasteiger partial charge < -0.3 is 9.84 Å². The summed E-state index contributed by atoms with van der Waals surface area (Å²) in [6.07, 6.45) is -0.0199. The standard InChI is InChI=1S/C14H19NO2/c1-4-11(9-15)14(16)12-6-5-7-13(8-12)17-10(2)3/h5-8,10-11,14,16H,4H2,1-3H3. The number of nitriles is 1. The Bertz CT molecular complexity index is 395. The third kappa shape index (κ3) is 3.76. The van der Waals surface area contributed by atoms with Gasteiger partial charge in [0.1, 0.15) is 5.75 Å². The molecule has 0 amide bonds. The van der Waals surface area contributed by atoms with Crippen LogP contribution in [0, 0.1) is 17.2 Å². The number of rotatable bonds is 5. The molecule has 2 atom stereocenters. The highest BCUT2D eigenvalue weighted by molar-refractivity contribution is 5.30. The fourth-order valence-corrected chi connectivity index (χ4v) is 1.66. The van der Waals surface area contributed by atoms with Crippen LogP contribution in [0.5, 0.6) is 5.75 Å². The molecule has 0 aliphatic carbocycles. The van der Waals surface area contributed by atoms with E-state index >= 15 is 0 Å². The lowest BCUT2D eigenvalue weighted by atomic mass is 9.95. The van der Waals surface area contributed by atoms with Crippen LogP contribution in [-0.2, 0) is 0 Å². The average molecular weight is 233 g/mol. The lowest BCUT2D eigenvalue weighted by Crippen LogP contribution is -2.11. The lowest BCUT2D eigenvalue weighted by molar-refractivity contribution is 0.132. The fourth-order valence-electron chi connectivity index (χ4n) is 1.66. The van der Waals surface area contributed by atoms with Crippen molar-refractivity contribution in [2.45, 2.75) is 39.4 Å². The summed E-state index contributed by atoms with van der Waals surface area (Å²) in [7, 11) is 0. The monoisotopic (exact) mass is 233 g/mol. The topological polar surface area (TPSA) is 53.2 Å². The molecule has 0 spiro atoms. The zero-order chi connectivity index (χ0) is 12.8. The molecule has 17 heavy (non-hydrogen) atoms. The molecule has 1 aromatic rings. The number of aliphatic hydroxyl groups is 1. The van der Waals surface area contributed by atoms with Gasteiger partial charge in [-0.25, -0.2) is 0 Å². The van der Waals surface area contributed by atoms with Crippen LogP contribution in [0.2, 0.25) is 0 Å². The van der Waals surface area contributed by atoms with Gasteiger partial charge >= 0.3 is 0 Å². The molecule has 0 aliphatic rings. The Labute approximate surface area is 103 Å². The zero-order valence-electron chi connectivity index (χ0n) is 10.6. The Morgan fingerprint density at radius 2 is 2.12 bits per heavy atom. The minimum Gasteiger partial charge on any atom is -0.491 e. The maximum Gasteiger partial charge on any atom is 0.120 e. The van der Waals surface area contributed by atoms with Gasteiger partial charge in [-0.3, -0.25) is 0 Å². The van der Waals surface area contributed by atoms with E-state index in [9.17, 15) is 5.11 Å². The van der Waals surface area contributed by atoms with E-state index in [1.165, 1.54) is 0 Å². The predicted molar refractivity (Wildman–Crippen MR) is 66.6 cm³/mol. The van der Waals surface area contributed by atoms with Crippen molar-refractivity contribution in [3.8, 4) is 11.8 Å². The zero-order valence-corrected chi connectivity index (χ0v) is 10.6. The molecule has 0 aliphatic heterocycles. The number of hydrogen-bond donors (Lipinski definition) is 1. The fraction of sp³-hybridized carbons (Fsp3) is 0.500. The predicted octanol–water partition coefficient (Wildman–Crippen LogP) is 3.06. The molecule has 1 N–H and O–H groups in total. The number of ether oxygens (including phenoxy) is 1. The smallest absolute Gasteiger partial charge is 0.120 e. The van der Waals surface area contributed by atoms with Crippen molar-refractivity contribution in [2.24, 2.45) is 5.92 Å². The van der Waals surface area contributed by atoms with Gasteiger partial charge in [-0.1, -0.05) is 19.1 Å². The minimum absolute atomic E-state index is 0.0975. The Kier molecular flexibility index (Phi) is 4.99. The van der Waals surface area contributed by atoms with Crippen LogP contribution < -0.4 is 4.74 Å². The van der Waals surface area contributed by atoms with E-state index in [4.69, 9.17) is 10.00 Å². The molecule has 3 nitrogen and oxygen atoms in total. The van der Waals surface area contributed by atoms with Crippen molar-refractivity contribution in [1.29, 1.82) is 5.26 Å². The van der Waals surface area contributed by atoms with E-state index in [2.05, 4.69) is 6.07 Å². The van der Waals surface area contributed by atoms with Gasteiger partial charge in [-0.2, -0.15) is 5.26 Å². The molecule has 1 rings (SSSR count). The van der Waals surface area contributed by atoms with Crippen LogP contribution in [0.1, 0.15) is 38.9 Å². The van der Waals surface area contributed by atoms with Crippen LogP contribution in [-0.4, -0.2) is 11.2 Å². The van der Waals surface area contributed by atoms with Crippen molar-refractivity contribution in [2.75, 3.05) is 0 Å². The summed E-state index contributed by atoms with van der Waals surface area (Å²) < 4.78 is 5.56. The van der Waals surface area contributed by atoms with Crippen LogP contribution in [0.3, 0.4) is 0 Å². The normalized spacial score (nSPS) is 14.1. The molecule has 0 heterocycles. The molecule has 0 bridgehead atoms. The molecular formula is C14H19NO2. The number of aliphatic hydroxyl groups excluding tert-OH is 1. The van der Waals surface area contributed by atoms with E-state index in [1.807, 2.05) is 39.0 Å². The molecular weight excluding hydrogens is 214 g/mol. The number of hydrogen-bond acceptors (Lipinski definition) is 3. The quantitative estimate of drug-likeness (QED) is 0.850. The van der Waals surface area contributed by atoms with Crippen LogP contribution in [0.25, 0.3) is 0 Å². The van der Waals surface area contributed by atoms with Gasteiger partial charge in [0.15, 0.2) is 0 Å². The van der Waals surface area contributed by atoms with E-state index in [1.54, 1.807) is 6.07 Å². The first-order chi connectivity index (χ1) is 8.08. The summed E-state index contributed by atoms with van der Waals surface area (Å²) in [6, 6.07) is 9.42. The lowest BCUT2D eigenvalue weighted by Gasteiger charge is -2.17. The largest absolute Gasteiger partial charge is 0.491 e. The van der Waals surface area contributed by atoms with Gasteiger partial charge in [-0.15, -0.1) is 0 Å². The summed E-state index contributed by atoms with van der Waals surface area (Å²) in [5.74, 6) is 0.355. The molecule has 2 unspecified atom stereocenters. The summed E-state index contributed by atoms with van der Waals surface area (Å²) in [4.78, 5) is 0. The van der Waals surface area contributed by atoms with Crippen LogP contribution in [0.15, 0.2) is 24.3 Å². The van der Waals surface area contributed by atoms with Gasteiger partial charge in [0, 0.05) is 0 Å². The highest BCUT2D eigenvalue weighted by atomic mass is 16.5. The second-order valence-electron chi connectivity index (χ2n) is 4.33. The average Bonchev–Trinajstić information content (AvgIpc) is 2.30. The van der Waals surface area contributed by atoms with Gasteiger partial charge in [0.25, 0.3) is 0 Å². The maximum atomic E-state index is 10.1. The van der Waals surface area contributed by atoms with Crippen LogP contribution >= 0.6 is 0 Å². The van der Waals surface area contributed by atoms with Gasteiger partial charge in [-0.05, 0) is 38.0 Å². The first-order valence-electron chi connectivity index (χ1n) is 5.92. The Morgan fingerprint density at radius 1 is 1.41 bits per heavy atom. The third-order valence-electron chi connectivity index (χ3n) is 2.56. The van der Waals surface area contributed by atoms with E-state index in [-0.39, 0.29) is 12.0 Å². The number of nitrogens with zero attached hydrogens (tertiary/aromatic N) is 1. The van der Waals surface area contributed by atoms with E-state index < -0.39 is 6.10 Å². The highest BCUT2D eigenvalue weighted by Gasteiger charge is 2.19. The Balaban J connectivity index is 2.87. The SMILES string of the molecule is CCC(C#N)C(O)c1cccc(OC(C)C)c1. The molecule has 0 fully saturated rings. The highest BCUT2D eigenvalue weighted by Crippen LogP contribution is 2.27. The Morgan fingerprint density at radius 3 is 2.65 bits per heavy atom. The molecule has 3 heteroatoms. The van der Waals surface area contributed by atoms with Crippen molar-refractivity contribution in [3.63, 3.8) is 0 Å². The van der Waals surface area contributed by atoms with E-state index in [0.29, 0.717) is 6.42 Å². The first-order valence-corrected chi connectivity index (χ1v) is 5.92. The molecule has 0 aromatic heterocycles. The Hall–Kier alpha value is -1.53. The van der Waals surface area contributed by atoms with Crippen molar-refractivity contribution in [3.05, 3.63) is 29.8 Å². The van der Waals surface area contributed by atoms with Crippen molar-refractivity contribution >= 4 is 0 Å². The second kappa shape index (κ2) is 6.27. The molecule has 0 radical (unpaired) electrons. The maximum absolute atomic E-state index is 10.1. The summed E-state index contributed by atoms with van der Waals surface area (Å²) in [5.41, 5.74) is 0.733. The van der Waals surface area contributed by atoms with Crippen molar-refractivity contribution in [1.82, 2.24) is 0 Å². The van der Waals surface area contributed by atoms with E-state index in [0.717, 1.165) is 11.3 Å². The summed E-state index contributed by atoms with van der Waals surface area (Å²) in [5, 5.41) is 19.0. The summed E-state index contributed by atoms with van der Waals surface area (Å²) in [6.45, 7) is 5.80. The van der Waals surface area contributed by atoms with Crippen LogP contribution in [0.4, 0.5) is 0 Å². The molecule has 1 aromatic carbocycles. The molecule has 0 saturated heterocycles. The van der Waals surface area contributed by atoms with Gasteiger partial charge in [0.2, 0.25) is 0 Å². The second-order valence-corrected chi connectivity index (χ2v) is 4.33. The van der Waals surface area contributed by atoms with Crippen molar-refractivity contribution < 1.29 is 9.84 Å². The first kappa shape index (κ1) is 13.5. The van der Waals surface area contributed by atoms with Gasteiger partial charge in [0.05, 0.1) is 24.2 Å². The summed E-state index contributed by atoms with van der Waals surface area (Å²) >= 11 is 0.